The van der Waals surface area contributed by atoms with Crippen LogP contribution >= 0.6 is 0 Å². The Hall–Kier alpha value is -0.120. The van der Waals surface area contributed by atoms with E-state index < -0.39 is 0 Å². The van der Waals surface area contributed by atoms with Crippen LogP contribution in [0.5, 0.6) is 0 Å². The van der Waals surface area contributed by atoms with Crippen molar-refractivity contribution in [3.8, 4) is 0 Å². The molecular formula is C14H30N2O. The maximum Gasteiger partial charge on any atom is 0.0707 e. The van der Waals surface area contributed by atoms with Crippen LogP contribution in [0.2, 0.25) is 0 Å². The lowest BCUT2D eigenvalue weighted by Crippen LogP contribution is -2.37. The van der Waals surface area contributed by atoms with Gasteiger partial charge in [0.2, 0.25) is 0 Å². The zero-order valence-electron chi connectivity index (χ0n) is 12.0. The smallest absolute Gasteiger partial charge is 0.0707 e. The molecule has 0 bridgehead atoms. The van der Waals surface area contributed by atoms with Crippen LogP contribution in [0, 0.1) is 0 Å². The van der Waals surface area contributed by atoms with E-state index in [1.807, 2.05) is 0 Å². The highest BCUT2D eigenvalue weighted by Crippen LogP contribution is 2.21. The van der Waals surface area contributed by atoms with Crippen LogP contribution in [0.4, 0.5) is 0 Å². The zero-order valence-corrected chi connectivity index (χ0v) is 12.0. The highest BCUT2D eigenvalue weighted by atomic mass is 16.5. The average Bonchev–Trinajstić information content (AvgIpc) is 2.75. The van der Waals surface area contributed by atoms with E-state index in [2.05, 4.69) is 38.0 Å². The van der Waals surface area contributed by atoms with Gasteiger partial charge in [-0.05, 0) is 39.3 Å². The highest BCUT2D eigenvalue weighted by molar-refractivity contribution is 4.78. The summed E-state index contributed by atoms with van der Waals surface area (Å²) < 4.78 is 6.07. The number of hydrogen-bond donors (Lipinski definition) is 1. The lowest BCUT2D eigenvalue weighted by atomic mass is 10.1. The van der Waals surface area contributed by atoms with Crippen LogP contribution in [0.15, 0.2) is 0 Å². The van der Waals surface area contributed by atoms with E-state index in [0.29, 0.717) is 18.2 Å². The normalized spacial score (nSPS) is 25.1. The van der Waals surface area contributed by atoms with Gasteiger partial charge in [0, 0.05) is 19.1 Å². The highest BCUT2D eigenvalue weighted by Gasteiger charge is 2.26. The van der Waals surface area contributed by atoms with Crippen LogP contribution in [0.25, 0.3) is 0 Å². The molecule has 17 heavy (non-hydrogen) atoms. The van der Waals surface area contributed by atoms with E-state index in [1.165, 1.54) is 25.7 Å². The minimum atomic E-state index is 0.440. The van der Waals surface area contributed by atoms with Crippen molar-refractivity contribution in [1.29, 1.82) is 0 Å². The predicted molar refractivity (Wildman–Crippen MR) is 73.4 cm³/mol. The molecule has 0 aliphatic carbocycles. The number of nitrogens with one attached hydrogen (secondary N) is 1. The molecule has 0 aromatic rings. The average molecular weight is 242 g/mol. The largest absolute Gasteiger partial charge is 0.372 e. The van der Waals surface area contributed by atoms with E-state index in [0.717, 1.165) is 19.6 Å². The van der Waals surface area contributed by atoms with Crippen LogP contribution in [-0.4, -0.2) is 49.8 Å². The predicted octanol–water partition coefficient (Wildman–Crippen LogP) is 2.26. The van der Waals surface area contributed by atoms with Crippen molar-refractivity contribution in [3.63, 3.8) is 0 Å². The van der Waals surface area contributed by atoms with Crippen molar-refractivity contribution in [2.75, 3.05) is 26.7 Å². The second-order valence-corrected chi connectivity index (χ2v) is 5.18. The summed E-state index contributed by atoms with van der Waals surface area (Å²) in [5.41, 5.74) is 0. The fourth-order valence-corrected chi connectivity index (χ4v) is 2.75. The molecule has 0 aromatic carbocycles. The molecule has 0 radical (unpaired) electrons. The molecule has 1 aliphatic heterocycles. The van der Waals surface area contributed by atoms with Crippen molar-refractivity contribution in [1.82, 2.24) is 10.2 Å². The van der Waals surface area contributed by atoms with E-state index in [1.54, 1.807) is 0 Å². The summed E-state index contributed by atoms with van der Waals surface area (Å²) in [5.74, 6) is 0. The standard InChI is InChI=1S/C14H30N2O/c1-5-12(6-2)16(4)11-14-9-8-13(17-14)10-15-7-3/h12-15H,5-11H2,1-4H3. The Morgan fingerprint density at radius 2 is 1.82 bits per heavy atom. The third-order valence-electron chi connectivity index (χ3n) is 3.87. The summed E-state index contributed by atoms with van der Waals surface area (Å²) in [4.78, 5) is 2.47. The van der Waals surface area contributed by atoms with Crippen molar-refractivity contribution in [2.45, 2.75) is 64.7 Å². The molecule has 2 atom stereocenters. The van der Waals surface area contributed by atoms with Gasteiger partial charge in [0.1, 0.15) is 0 Å². The van der Waals surface area contributed by atoms with Gasteiger partial charge in [-0.1, -0.05) is 20.8 Å². The monoisotopic (exact) mass is 242 g/mol. The van der Waals surface area contributed by atoms with E-state index >= 15 is 0 Å². The minimum absolute atomic E-state index is 0.440. The lowest BCUT2D eigenvalue weighted by Gasteiger charge is -2.28. The Kier molecular flexibility index (Phi) is 7.09. The van der Waals surface area contributed by atoms with Crippen LogP contribution in [-0.2, 0) is 4.74 Å². The summed E-state index contributed by atoms with van der Waals surface area (Å²) in [6, 6.07) is 0.714. The Morgan fingerprint density at radius 3 is 2.41 bits per heavy atom. The molecule has 1 heterocycles. The van der Waals surface area contributed by atoms with Gasteiger partial charge in [-0.25, -0.2) is 0 Å². The molecule has 0 spiro atoms. The van der Waals surface area contributed by atoms with Crippen LogP contribution in [0.3, 0.4) is 0 Å². The molecule has 3 heteroatoms. The van der Waals surface area contributed by atoms with E-state index in [4.69, 9.17) is 4.74 Å². The van der Waals surface area contributed by atoms with Gasteiger partial charge in [0.25, 0.3) is 0 Å². The first-order valence-corrected chi connectivity index (χ1v) is 7.27. The summed E-state index contributed by atoms with van der Waals surface area (Å²) in [6.07, 6.45) is 5.80. The fraction of sp³-hybridized carbons (Fsp3) is 1.00. The Balaban J connectivity index is 2.24. The number of nitrogens with zero attached hydrogens (tertiary/aromatic N) is 1. The number of hydrogen-bond acceptors (Lipinski definition) is 3. The second-order valence-electron chi connectivity index (χ2n) is 5.18. The topological polar surface area (TPSA) is 24.5 Å². The first-order chi connectivity index (χ1) is 8.21. The number of ether oxygens (including phenoxy) is 1. The van der Waals surface area contributed by atoms with E-state index in [-0.39, 0.29) is 0 Å². The number of rotatable bonds is 8. The van der Waals surface area contributed by atoms with Gasteiger partial charge in [-0.2, -0.15) is 0 Å². The van der Waals surface area contributed by atoms with Gasteiger partial charge in [0.15, 0.2) is 0 Å². The van der Waals surface area contributed by atoms with Gasteiger partial charge in [-0.3, -0.25) is 0 Å². The first kappa shape index (κ1) is 14.9. The molecule has 1 aliphatic rings. The van der Waals surface area contributed by atoms with Gasteiger partial charge in [-0.15, -0.1) is 0 Å². The number of likely N-dealkylation sites (N-methyl/N-ethyl adjacent to an activating group) is 2. The summed E-state index contributed by atoms with van der Waals surface area (Å²) in [7, 11) is 2.23. The first-order valence-electron chi connectivity index (χ1n) is 7.27. The Bertz CT molecular complexity index is 195. The maximum absolute atomic E-state index is 6.07. The Morgan fingerprint density at radius 1 is 1.18 bits per heavy atom. The second kappa shape index (κ2) is 8.06. The molecular weight excluding hydrogens is 212 g/mol. The molecule has 2 unspecified atom stereocenters. The van der Waals surface area contributed by atoms with Crippen molar-refractivity contribution < 1.29 is 4.74 Å². The van der Waals surface area contributed by atoms with Crippen LogP contribution in [0.1, 0.15) is 46.5 Å². The molecule has 0 aromatic heterocycles. The van der Waals surface area contributed by atoms with Gasteiger partial charge in [0.05, 0.1) is 12.2 Å². The Labute approximate surface area is 107 Å². The molecule has 102 valence electrons. The maximum atomic E-state index is 6.07. The molecule has 1 saturated heterocycles. The van der Waals surface area contributed by atoms with Gasteiger partial charge >= 0.3 is 0 Å². The molecule has 1 fully saturated rings. The summed E-state index contributed by atoms with van der Waals surface area (Å²) in [6.45, 7) is 9.84. The third kappa shape index (κ3) is 4.94. The SMILES string of the molecule is CCNCC1CCC(CN(C)C(CC)CC)O1. The van der Waals surface area contributed by atoms with Gasteiger partial charge < -0.3 is 15.0 Å². The molecule has 1 N–H and O–H groups in total. The van der Waals surface area contributed by atoms with E-state index in [9.17, 15) is 0 Å². The zero-order chi connectivity index (χ0) is 12.7. The summed E-state index contributed by atoms with van der Waals surface area (Å²) in [5, 5.41) is 3.37. The minimum Gasteiger partial charge on any atom is -0.372 e. The lowest BCUT2D eigenvalue weighted by molar-refractivity contribution is 0.0201. The van der Waals surface area contributed by atoms with Crippen molar-refractivity contribution >= 4 is 0 Å². The molecule has 1 rings (SSSR count). The van der Waals surface area contributed by atoms with Crippen LogP contribution < -0.4 is 5.32 Å². The van der Waals surface area contributed by atoms with Crippen molar-refractivity contribution in [3.05, 3.63) is 0 Å². The molecule has 0 amide bonds. The fourth-order valence-electron chi connectivity index (χ4n) is 2.75. The summed E-state index contributed by atoms with van der Waals surface area (Å²) >= 11 is 0. The molecule has 3 nitrogen and oxygen atoms in total. The molecule has 0 saturated carbocycles. The quantitative estimate of drug-likeness (QED) is 0.706. The van der Waals surface area contributed by atoms with Crippen molar-refractivity contribution in [2.24, 2.45) is 0 Å². The third-order valence-corrected chi connectivity index (χ3v) is 3.87.